The highest BCUT2D eigenvalue weighted by molar-refractivity contribution is 7.92. The van der Waals surface area contributed by atoms with Gasteiger partial charge in [-0.05, 0) is 44.3 Å². The number of nitrogens with zero attached hydrogens (tertiary/aromatic N) is 2. The van der Waals surface area contributed by atoms with Crippen molar-refractivity contribution in [3.05, 3.63) is 69.3 Å². The van der Waals surface area contributed by atoms with Crippen LogP contribution in [0.4, 0.5) is 15.9 Å². The number of hydrogen-bond acceptors (Lipinski definition) is 6. The van der Waals surface area contributed by atoms with Crippen molar-refractivity contribution >= 4 is 44.5 Å². The Morgan fingerprint density at radius 2 is 2.00 bits per heavy atom. The Hall–Kier alpha value is -2.20. The molecule has 0 fully saturated rings. The molecule has 31 heavy (non-hydrogen) atoms. The molecule has 1 heterocycles. The number of hydrogen-bond donors (Lipinski definition) is 2. The molecule has 0 spiro atoms. The first-order valence-corrected chi connectivity index (χ1v) is 11.9. The minimum atomic E-state index is -4.15. The van der Waals surface area contributed by atoms with Gasteiger partial charge < -0.3 is 10.2 Å². The second kappa shape index (κ2) is 10.4. The quantitative estimate of drug-likeness (QED) is 0.435. The molecule has 0 radical (unpaired) electrons. The van der Waals surface area contributed by atoms with Crippen molar-refractivity contribution in [3.63, 3.8) is 0 Å². The van der Waals surface area contributed by atoms with Gasteiger partial charge in [-0.2, -0.15) is 0 Å². The van der Waals surface area contributed by atoms with Crippen LogP contribution >= 0.6 is 22.9 Å². The normalized spacial score (nSPS) is 12.3. The third-order valence-electron chi connectivity index (χ3n) is 4.30. The predicted octanol–water partition coefficient (Wildman–Crippen LogP) is 5.61. The lowest BCUT2D eigenvalue weighted by Gasteiger charge is -2.19. The second-order valence-corrected chi connectivity index (χ2v) is 9.87. The van der Waals surface area contributed by atoms with E-state index in [9.17, 15) is 12.8 Å². The standard InChI is InChI=1S/C20H22ClFN4O2S2.CH4/c1-13(15-6-4-5-14(7-15)10-26(2)3)24-18-9-17(22)19(8-16(18)21)30(27,28)25-20-11-29-12-23-20;/h4-9,11-13,24-25H,10H2,1-3H3;1H4/t13-;/m1./s1. The Morgan fingerprint density at radius 1 is 1.26 bits per heavy atom. The lowest BCUT2D eigenvalue weighted by molar-refractivity contribution is 0.402. The molecule has 1 atom stereocenters. The molecule has 168 valence electrons. The van der Waals surface area contributed by atoms with E-state index in [2.05, 4.69) is 26.0 Å². The Morgan fingerprint density at radius 3 is 2.65 bits per heavy atom. The second-order valence-electron chi connectivity index (χ2n) is 7.09. The first-order valence-electron chi connectivity index (χ1n) is 9.06. The van der Waals surface area contributed by atoms with E-state index in [1.54, 1.807) is 0 Å². The summed E-state index contributed by atoms with van der Waals surface area (Å²) in [6.07, 6.45) is 0. The number of halogens is 2. The predicted molar refractivity (Wildman–Crippen MR) is 127 cm³/mol. The molecule has 3 aromatic rings. The van der Waals surface area contributed by atoms with Gasteiger partial charge >= 0.3 is 0 Å². The summed E-state index contributed by atoms with van der Waals surface area (Å²) in [6, 6.07) is 10.1. The van der Waals surface area contributed by atoms with E-state index in [0.29, 0.717) is 5.69 Å². The molecule has 0 saturated carbocycles. The van der Waals surface area contributed by atoms with Crippen LogP contribution in [0.1, 0.15) is 31.5 Å². The van der Waals surface area contributed by atoms with Gasteiger partial charge in [0.25, 0.3) is 10.0 Å². The first-order chi connectivity index (χ1) is 14.2. The topological polar surface area (TPSA) is 74.3 Å². The van der Waals surface area contributed by atoms with E-state index < -0.39 is 20.7 Å². The van der Waals surface area contributed by atoms with Crippen LogP contribution in [0.25, 0.3) is 0 Å². The summed E-state index contributed by atoms with van der Waals surface area (Å²) in [7, 11) is -0.157. The molecule has 6 nitrogen and oxygen atoms in total. The van der Waals surface area contributed by atoms with Crippen molar-refractivity contribution < 1.29 is 12.8 Å². The van der Waals surface area contributed by atoms with Gasteiger partial charge in [0.1, 0.15) is 10.7 Å². The number of aromatic nitrogens is 1. The molecule has 0 saturated heterocycles. The molecule has 10 heteroatoms. The maximum absolute atomic E-state index is 14.7. The minimum Gasteiger partial charge on any atom is -0.377 e. The Kier molecular flexibility index (Phi) is 8.41. The van der Waals surface area contributed by atoms with Crippen LogP contribution in [-0.2, 0) is 16.6 Å². The van der Waals surface area contributed by atoms with Crippen LogP contribution in [0.15, 0.2) is 52.2 Å². The number of rotatable bonds is 8. The first kappa shape index (κ1) is 25.1. The number of benzene rings is 2. The third kappa shape index (κ3) is 6.39. The highest BCUT2D eigenvalue weighted by atomic mass is 35.5. The van der Waals surface area contributed by atoms with Crippen molar-refractivity contribution in [1.29, 1.82) is 0 Å². The van der Waals surface area contributed by atoms with E-state index in [1.807, 2.05) is 39.2 Å². The fraction of sp³-hybridized carbons (Fsp3) is 0.286. The number of thiazole rings is 1. The zero-order chi connectivity index (χ0) is 21.9. The molecule has 0 aliphatic rings. The molecular formula is C21H26ClFN4O2S2. The van der Waals surface area contributed by atoms with Crippen LogP contribution < -0.4 is 10.0 Å². The van der Waals surface area contributed by atoms with Gasteiger partial charge in [0.15, 0.2) is 5.82 Å². The van der Waals surface area contributed by atoms with Gasteiger partial charge in [-0.25, -0.2) is 17.8 Å². The van der Waals surface area contributed by atoms with Crippen LogP contribution in [-0.4, -0.2) is 32.4 Å². The van der Waals surface area contributed by atoms with Gasteiger partial charge in [0.2, 0.25) is 0 Å². The summed E-state index contributed by atoms with van der Waals surface area (Å²) in [4.78, 5) is 5.39. The molecule has 0 bridgehead atoms. The van der Waals surface area contributed by atoms with Crippen molar-refractivity contribution in [2.24, 2.45) is 0 Å². The minimum absolute atomic E-state index is 0. The third-order valence-corrected chi connectivity index (χ3v) is 6.57. The van der Waals surface area contributed by atoms with Crippen molar-refractivity contribution in [2.75, 3.05) is 24.1 Å². The van der Waals surface area contributed by atoms with E-state index >= 15 is 0 Å². The summed E-state index contributed by atoms with van der Waals surface area (Å²) in [5.74, 6) is -0.776. The Bertz CT molecular complexity index is 1120. The highest BCUT2D eigenvalue weighted by Crippen LogP contribution is 2.31. The summed E-state index contributed by atoms with van der Waals surface area (Å²) in [5, 5.41) is 4.78. The molecule has 2 N–H and O–H groups in total. The van der Waals surface area contributed by atoms with Crippen molar-refractivity contribution in [3.8, 4) is 0 Å². The summed E-state index contributed by atoms with van der Waals surface area (Å²) >= 11 is 7.50. The largest absolute Gasteiger partial charge is 0.377 e. The monoisotopic (exact) mass is 484 g/mol. The van der Waals surface area contributed by atoms with Gasteiger partial charge in [-0.3, -0.25) is 4.72 Å². The van der Waals surface area contributed by atoms with Gasteiger partial charge in [0, 0.05) is 18.0 Å². The maximum Gasteiger partial charge on any atom is 0.266 e. The van der Waals surface area contributed by atoms with Crippen molar-refractivity contribution in [1.82, 2.24) is 9.88 Å². The SMILES string of the molecule is C.C[C@@H](Nc1cc(F)c(S(=O)(=O)Nc2cscn2)cc1Cl)c1cccc(CN(C)C)c1. The summed E-state index contributed by atoms with van der Waals surface area (Å²) < 4.78 is 41.9. The molecule has 0 aliphatic carbocycles. The zero-order valence-electron chi connectivity index (χ0n) is 16.7. The highest BCUT2D eigenvalue weighted by Gasteiger charge is 2.23. The lowest BCUT2D eigenvalue weighted by atomic mass is 10.0. The molecule has 0 unspecified atom stereocenters. The number of nitrogens with one attached hydrogen (secondary N) is 2. The van der Waals surface area contributed by atoms with Crippen molar-refractivity contribution in [2.45, 2.75) is 31.8 Å². The van der Waals surface area contributed by atoms with E-state index in [0.717, 1.165) is 29.8 Å². The average Bonchev–Trinajstić information content (AvgIpc) is 3.16. The Labute approximate surface area is 192 Å². The fourth-order valence-electron chi connectivity index (χ4n) is 2.94. The van der Waals surface area contributed by atoms with Gasteiger partial charge in [-0.15, -0.1) is 11.3 Å². The maximum atomic E-state index is 14.7. The van der Waals surface area contributed by atoms with Gasteiger partial charge in [0.05, 0.1) is 16.2 Å². The molecule has 0 amide bonds. The van der Waals surface area contributed by atoms with Gasteiger partial charge in [-0.1, -0.05) is 43.3 Å². The van der Waals surface area contributed by atoms with Crippen LogP contribution in [0.5, 0.6) is 0 Å². The van der Waals surface area contributed by atoms with E-state index in [-0.39, 0.29) is 24.3 Å². The zero-order valence-corrected chi connectivity index (χ0v) is 19.1. The summed E-state index contributed by atoms with van der Waals surface area (Å²) in [6.45, 7) is 2.73. The molecule has 3 rings (SSSR count). The number of anilines is 2. The van der Waals surface area contributed by atoms with E-state index in [4.69, 9.17) is 11.6 Å². The number of sulfonamides is 1. The fourth-order valence-corrected chi connectivity index (χ4v) is 4.87. The Balaban J connectivity index is 0.00000341. The smallest absolute Gasteiger partial charge is 0.266 e. The lowest BCUT2D eigenvalue weighted by Crippen LogP contribution is -2.16. The van der Waals surface area contributed by atoms with Crippen LogP contribution in [0.2, 0.25) is 5.02 Å². The molecule has 2 aromatic carbocycles. The average molecular weight is 485 g/mol. The molecule has 0 aliphatic heterocycles. The molecular weight excluding hydrogens is 459 g/mol. The van der Waals surface area contributed by atoms with Crippen LogP contribution in [0, 0.1) is 5.82 Å². The molecule has 1 aromatic heterocycles. The van der Waals surface area contributed by atoms with Crippen LogP contribution in [0.3, 0.4) is 0 Å². The summed E-state index contributed by atoms with van der Waals surface area (Å²) in [5.41, 5.74) is 3.95. The van der Waals surface area contributed by atoms with E-state index in [1.165, 1.54) is 22.2 Å².